The average Bonchev–Trinajstić information content (AvgIpc) is 2.73. The molecular weight excluding hydrogens is 264 g/mol. The standard InChI is InChI=1S/C17H18N2O2/c1-4-21-17(20)15-7-5-14(6-8-15)11-19-13(3)9-12(2)16(19)10-18/h5-9H,4,11H2,1-3H3. The molecule has 0 saturated carbocycles. The number of aromatic nitrogens is 1. The molecule has 0 atom stereocenters. The zero-order chi connectivity index (χ0) is 15.4. The molecule has 0 aliphatic heterocycles. The predicted molar refractivity (Wildman–Crippen MR) is 80.1 cm³/mol. The summed E-state index contributed by atoms with van der Waals surface area (Å²) in [6.07, 6.45) is 0. The van der Waals surface area contributed by atoms with Crippen LogP contribution in [0.5, 0.6) is 0 Å². The highest BCUT2D eigenvalue weighted by Gasteiger charge is 2.10. The monoisotopic (exact) mass is 282 g/mol. The summed E-state index contributed by atoms with van der Waals surface area (Å²) in [5.41, 5.74) is 4.30. The van der Waals surface area contributed by atoms with Crippen molar-refractivity contribution in [2.45, 2.75) is 27.3 Å². The first-order valence-electron chi connectivity index (χ1n) is 6.89. The second-order valence-corrected chi connectivity index (χ2v) is 4.93. The van der Waals surface area contributed by atoms with Crippen LogP contribution in [-0.2, 0) is 11.3 Å². The third-order valence-electron chi connectivity index (χ3n) is 3.41. The van der Waals surface area contributed by atoms with E-state index in [-0.39, 0.29) is 5.97 Å². The van der Waals surface area contributed by atoms with Gasteiger partial charge < -0.3 is 9.30 Å². The maximum Gasteiger partial charge on any atom is 0.338 e. The lowest BCUT2D eigenvalue weighted by Gasteiger charge is -2.09. The van der Waals surface area contributed by atoms with Crippen LogP contribution >= 0.6 is 0 Å². The van der Waals surface area contributed by atoms with Gasteiger partial charge in [0.25, 0.3) is 0 Å². The highest BCUT2D eigenvalue weighted by atomic mass is 16.5. The Bertz CT molecular complexity index is 691. The lowest BCUT2D eigenvalue weighted by Crippen LogP contribution is -2.07. The van der Waals surface area contributed by atoms with Crippen LogP contribution in [0.1, 0.15) is 39.8 Å². The van der Waals surface area contributed by atoms with E-state index in [2.05, 4.69) is 6.07 Å². The van der Waals surface area contributed by atoms with E-state index in [0.717, 1.165) is 16.8 Å². The first-order chi connectivity index (χ1) is 10.1. The number of ether oxygens (including phenoxy) is 1. The molecule has 0 aliphatic carbocycles. The molecule has 0 amide bonds. The summed E-state index contributed by atoms with van der Waals surface area (Å²) >= 11 is 0. The van der Waals surface area contributed by atoms with Gasteiger partial charge in [-0.2, -0.15) is 5.26 Å². The SMILES string of the molecule is CCOC(=O)c1ccc(Cn2c(C)cc(C)c2C#N)cc1. The minimum Gasteiger partial charge on any atom is -0.462 e. The summed E-state index contributed by atoms with van der Waals surface area (Å²) in [5.74, 6) is -0.310. The van der Waals surface area contributed by atoms with Crippen molar-refractivity contribution in [1.82, 2.24) is 4.57 Å². The van der Waals surface area contributed by atoms with Crippen LogP contribution in [0.25, 0.3) is 0 Å². The lowest BCUT2D eigenvalue weighted by atomic mass is 10.1. The van der Waals surface area contributed by atoms with Gasteiger partial charge in [0.1, 0.15) is 11.8 Å². The summed E-state index contributed by atoms with van der Waals surface area (Å²) < 4.78 is 6.94. The van der Waals surface area contributed by atoms with Crippen LogP contribution in [0.4, 0.5) is 0 Å². The molecule has 4 heteroatoms. The number of nitriles is 1. The van der Waals surface area contributed by atoms with Crippen molar-refractivity contribution in [1.29, 1.82) is 5.26 Å². The van der Waals surface area contributed by atoms with Crippen molar-refractivity contribution in [3.8, 4) is 6.07 Å². The van der Waals surface area contributed by atoms with Crippen molar-refractivity contribution in [3.63, 3.8) is 0 Å². The quantitative estimate of drug-likeness (QED) is 0.809. The Morgan fingerprint density at radius 3 is 2.52 bits per heavy atom. The zero-order valence-electron chi connectivity index (χ0n) is 12.5. The van der Waals surface area contributed by atoms with Gasteiger partial charge >= 0.3 is 5.97 Å². The van der Waals surface area contributed by atoms with Gasteiger partial charge in [0.15, 0.2) is 0 Å². The summed E-state index contributed by atoms with van der Waals surface area (Å²) in [6.45, 7) is 6.69. The molecule has 2 rings (SSSR count). The van der Waals surface area contributed by atoms with Crippen LogP contribution in [0, 0.1) is 25.2 Å². The van der Waals surface area contributed by atoms with E-state index in [9.17, 15) is 10.1 Å². The third kappa shape index (κ3) is 3.14. The molecule has 0 radical (unpaired) electrons. The molecule has 21 heavy (non-hydrogen) atoms. The number of esters is 1. The molecule has 1 aromatic carbocycles. The largest absolute Gasteiger partial charge is 0.462 e. The van der Waals surface area contributed by atoms with Crippen LogP contribution in [0.2, 0.25) is 0 Å². The van der Waals surface area contributed by atoms with Gasteiger partial charge in [0, 0.05) is 12.2 Å². The molecule has 0 aliphatic rings. The van der Waals surface area contributed by atoms with Crippen LogP contribution in [0.3, 0.4) is 0 Å². The fourth-order valence-corrected chi connectivity index (χ4v) is 2.34. The van der Waals surface area contributed by atoms with Crippen LogP contribution in [0.15, 0.2) is 30.3 Å². The van der Waals surface area contributed by atoms with E-state index in [1.54, 1.807) is 19.1 Å². The second kappa shape index (κ2) is 6.27. The normalized spacial score (nSPS) is 10.2. The number of carbonyl (C=O) groups is 1. The Balaban J connectivity index is 2.22. The molecule has 0 N–H and O–H groups in total. The molecule has 108 valence electrons. The number of aryl methyl sites for hydroxylation is 2. The van der Waals surface area contributed by atoms with Gasteiger partial charge in [-0.25, -0.2) is 4.79 Å². The van der Waals surface area contributed by atoms with Gasteiger partial charge in [-0.15, -0.1) is 0 Å². The minimum atomic E-state index is -0.310. The fraction of sp³-hybridized carbons (Fsp3) is 0.294. The van der Waals surface area contributed by atoms with E-state index < -0.39 is 0 Å². The molecule has 0 fully saturated rings. The van der Waals surface area contributed by atoms with Gasteiger partial charge in [-0.1, -0.05) is 12.1 Å². The number of carbonyl (C=O) groups excluding carboxylic acids is 1. The molecule has 4 nitrogen and oxygen atoms in total. The predicted octanol–water partition coefficient (Wildman–Crippen LogP) is 3.20. The Morgan fingerprint density at radius 2 is 1.95 bits per heavy atom. The van der Waals surface area contributed by atoms with Gasteiger partial charge in [-0.3, -0.25) is 0 Å². The maximum absolute atomic E-state index is 11.6. The number of benzene rings is 1. The average molecular weight is 282 g/mol. The summed E-state index contributed by atoms with van der Waals surface area (Å²) in [5, 5.41) is 9.23. The molecule has 0 saturated heterocycles. The van der Waals surface area contributed by atoms with Crippen molar-refractivity contribution >= 4 is 5.97 Å². The van der Waals surface area contributed by atoms with Gasteiger partial charge in [0.2, 0.25) is 0 Å². The Kier molecular flexibility index (Phi) is 4.44. The fourth-order valence-electron chi connectivity index (χ4n) is 2.34. The molecule has 0 bridgehead atoms. The number of hydrogen-bond donors (Lipinski definition) is 0. The molecule has 1 aromatic heterocycles. The first kappa shape index (κ1) is 14.9. The number of hydrogen-bond acceptors (Lipinski definition) is 3. The highest BCUT2D eigenvalue weighted by molar-refractivity contribution is 5.89. The van der Waals surface area contributed by atoms with Crippen LogP contribution < -0.4 is 0 Å². The summed E-state index contributed by atoms with van der Waals surface area (Å²) in [6, 6.07) is 11.5. The zero-order valence-corrected chi connectivity index (χ0v) is 12.5. The Morgan fingerprint density at radius 1 is 1.29 bits per heavy atom. The van der Waals surface area contributed by atoms with E-state index in [1.807, 2.05) is 36.6 Å². The molecular formula is C17H18N2O2. The van der Waals surface area contributed by atoms with Crippen molar-refractivity contribution in [2.75, 3.05) is 6.61 Å². The molecule has 2 aromatic rings. The van der Waals surface area contributed by atoms with Gasteiger partial charge in [0.05, 0.1) is 12.2 Å². The summed E-state index contributed by atoms with van der Waals surface area (Å²) in [7, 11) is 0. The number of nitrogens with zero attached hydrogens (tertiary/aromatic N) is 2. The number of rotatable bonds is 4. The van der Waals surface area contributed by atoms with Crippen molar-refractivity contribution in [2.24, 2.45) is 0 Å². The Labute approximate surface area is 124 Å². The molecule has 0 spiro atoms. The first-order valence-corrected chi connectivity index (χ1v) is 6.89. The maximum atomic E-state index is 11.6. The van der Waals surface area contributed by atoms with E-state index >= 15 is 0 Å². The molecule has 1 heterocycles. The third-order valence-corrected chi connectivity index (χ3v) is 3.41. The topological polar surface area (TPSA) is 55.0 Å². The summed E-state index contributed by atoms with van der Waals surface area (Å²) in [4.78, 5) is 11.6. The van der Waals surface area contributed by atoms with E-state index in [0.29, 0.717) is 24.4 Å². The second-order valence-electron chi connectivity index (χ2n) is 4.93. The van der Waals surface area contributed by atoms with E-state index in [4.69, 9.17) is 4.74 Å². The van der Waals surface area contributed by atoms with Crippen molar-refractivity contribution in [3.05, 3.63) is 58.4 Å². The van der Waals surface area contributed by atoms with Crippen LogP contribution in [-0.4, -0.2) is 17.1 Å². The van der Waals surface area contributed by atoms with Gasteiger partial charge in [-0.05, 0) is 50.1 Å². The smallest absolute Gasteiger partial charge is 0.338 e. The highest BCUT2D eigenvalue weighted by Crippen LogP contribution is 2.16. The van der Waals surface area contributed by atoms with E-state index in [1.165, 1.54) is 0 Å². The molecule has 0 unspecified atom stereocenters. The minimum absolute atomic E-state index is 0.310. The van der Waals surface area contributed by atoms with Crippen molar-refractivity contribution < 1.29 is 9.53 Å². The lowest BCUT2D eigenvalue weighted by molar-refractivity contribution is 0.0526. The Hall–Kier alpha value is -2.54.